The number of aromatic amines is 1. The Balaban J connectivity index is 1.60. The number of carbonyl (C=O) groups is 2. The number of hydrogen-bond donors (Lipinski definition) is 3. The van der Waals surface area contributed by atoms with Crippen molar-refractivity contribution in [3.63, 3.8) is 0 Å². The molecule has 2 aromatic carbocycles. The molecule has 29 heavy (non-hydrogen) atoms. The topological polar surface area (TPSA) is 113 Å². The van der Waals surface area contributed by atoms with Crippen LogP contribution >= 0.6 is 0 Å². The highest BCUT2D eigenvalue weighted by molar-refractivity contribution is 5.94. The minimum absolute atomic E-state index is 0.0574. The van der Waals surface area contributed by atoms with Crippen LogP contribution in [0.1, 0.15) is 23.7 Å². The molecular weight excluding hydrogens is 370 g/mol. The quantitative estimate of drug-likeness (QED) is 0.450. The van der Waals surface area contributed by atoms with Crippen molar-refractivity contribution in [3.05, 3.63) is 78.6 Å². The molecule has 8 nitrogen and oxygen atoms in total. The number of hydrogen-bond acceptors (Lipinski definition) is 4. The molecule has 2 heterocycles. The maximum atomic E-state index is 12.2. The third kappa shape index (κ3) is 4.16. The summed E-state index contributed by atoms with van der Waals surface area (Å²) in [6.07, 6.45) is 4.92. The normalized spacial score (nSPS) is 12.0. The van der Waals surface area contributed by atoms with Gasteiger partial charge in [-0.25, -0.2) is 9.97 Å². The fraction of sp³-hybridized carbons (Fsp3) is 0.143. The van der Waals surface area contributed by atoms with Gasteiger partial charge in [-0.3, -0.25) is 9.59 Å². The van der Waals surface area contributed by atoms with Crippen molar-refractivity contribution in [2.45, 2.75) is 18.9 Å². The number of aromatic nitrogens is 4. The van der Waals surface area contributed by atoms with Gasteiger partial charge in [0, 0.05) is 17.6 Å². The van der Waals surface area contributed by atoms with E-state index in [9.17, 15) is 14.7 Å². The van der Waals surface area contributed by atoms with Crippen LogP contribution in [-0.2, 0) is 16.0 Å². The first kappa shape index (κ1) is 18.4. The number of carboxylic acids is 1. The zero-order valence-corrected chi connectivity index (χ0v) is 15.4. The van der Waals surface area contributed by atoms with E-state index in [2.05, 4.69) is 20.3 Å². The molecule has 8 heteroatoms. The Labute approximate surface area is 166 Å². The van der Waals surface area contributed by atoms with Crippen LogP contribution in [0.3, 0.4) is 0 Å². The van der Waals surface area contributed by atoms with E-state index in [1.165, 1.54) is 6.33 Å². The molecular formula is C21H19N5O3. The number of anilines is 1. The largest absolute Gasteiger partial charge is 0.481 e. The van der Waals surface area contributed by atoms with E-state index < -0.39 is 5.97 Å². The molecule has 1 unspecified atom stereocenters. The average Bonchev–Trinajstić information content (AvgIpc) is 3.36. The van der Waals surface area contributed by atoms with Crippen LogP contribution in [0.25, 0.3) is 11.0 Å². The Morgan fingerprint density at radius 3 is 2.72 bits per heavy atom. The summed E-state index contributed by atoms with van der Waals surface area (Å²) in [6.45, 7) is 0. The van der Waals surface area contributed by atoms with Gasteiger partial charge in [-0.1, -0.05) is 30.3 Å². The molecule has 1 atom stereocenters. The molecule has 2 aromatic heterocycles. The summed E-state index contributed by atoms with van der Waals surface area (Å²) in [5.41, 5.74) is 3.72. The molecule has 0 saturated carbocycles. The van der Waals surface area contributed by atoms with Crippen LogP contribution in [0.4, 0.5) is 5.69 Å². The van der Waals surface area contributed by atoms with Crippen molar-refractivity contribution < 1.29 is 14.7 Å². The smallest absolute Gasteiger partial charge is 0.305 e. The Bertz CT molecular complexity index is 1140. The van der Waals surface area contributed by atoms with Crippen LogP contribution < -0.4 is 5.32 Å². The predicted molar refractivity (Wildman–Crippen MR) is 107 cm³/mol. The van der Waals surface area contributed by atoms with Gasteiger partial charge >= 0.3 is 5.97 Å². The Morgan fingerprint density at radius 1 is 1.17 bits per heavy atom. The van der Waals surface area contributed by atoms with Crippen molar-refractivity contribution in [1.29, 1.82) is 0 Å². The molecule has 4 aromatic rings. The lowest BCUT2D eigenvalue weighted by atomic mass is 10.0. The summed E-state index contributed by atoms with van der Waals surface area (Å²) in [6, 6.07) is 14.5. The van der Waals surface area contributed by atoms with Gasteiger partial charge in [0.2, 0.25) is 5.91 Å². The van der Waals surface area contributed by atoms with Gasteiger partial charge < -0.3 is 20.0 Å². The van der Waals surface area contributed by atoms with E-state index in [1.807, 2.05) is 41.0 Å². The molecule has 0 bridgehead atoms. The summed E-state index contributed by atoms with van der Waals surface area (Å²) >= 11 is 0. The molecule has 0 fully saturated rings. The zero-order chi connectivity index (χ0) is 20.2. The first-order chi connectivity index (χ1) is 14.1. The number of imidazole rings is 2. The molecule has 0 saturated heterocycles. The Kier molecular flexibility index (Phi) is 5.07. The molecule has 0 spiro atoms. The lowest BCUT2D eigenvalue weighted by molar-refractivity contribution is -0.137. The summed E-state index contributed by atoms with van der Waals surface area (Å²) in [4.78, 5) is 34.8. The second-order valence-corrected chi connectivity index (χ2v) is 6.68. The highest BCUT2D eigenvalue weighted by Crippen LogP contribution is 2.28. The minimum atomic E-state index is -0.886. The molecule has 3 N–H and O–H groups in total. The number of amides is 1. The lowest BCUT2D eigenvalue weighted by Crippen LogP contribution is -2.15. The maximum Gasteiger partial charge on any atom is 0.305 e. The minimum Gasteiger partial charge on any atom is -0.481 e. The van der Waals surface area contributed by atoms with Crippen LogP contribution in [0.2, 0.25) is 0 Å². The van der Waals surface area contributed by atoms with Crippen LogP contribution in [-0.4, -0.2) is 36.5 Å². The summed E-state index contributed by atoms with van der Waals surface area (Å²) in [7, 11) is 0. The van der Waals surface area contributed by atoms with Gasteiger partial charge in [-0.15, -0.1) is 0 Å². The number of nitrogens with zero attached hydrogens (tertiary/aromatic N) is 3. The number of fused-ring (bicyclic) bond motifs is 1. The maximum absolute atomic E-state index is 12.2. The fourth-order valence-electron chi connectivity index (χ4n) is 3.33. The number of aliphatic carboxylic acids is 1. The molecule has 146 valence electrons. The van der Waals surface area contributed by atoms with Crippen LogP contribution in [0, 0.1) is 0 Å². The summed E-state index contributed by atoms with van der Waals surface area (Å²) in [5, 5.41) is 12.2. The fourth-order valence-corrected chi connectivity index (χ4v) is 3.33. The molecule has 0 aliphatic carbocycles. The number of benzene rings is 2. The van der Waals surface area contributed by atoms with E-state index in [0.29, 0.717) is 11.2 Å². The monoisotopic (exact) mass is 389 g/mol. The van der Waals surface area contributed by atoms with Crippen molar-refractivity contribution in [3.8, 4) is 0 Å². The number of carbonyl (C=O) groups excluding carboxylic acids is 1. The van der Waals surface area contributed by atoms with Gasteiger partial charge in [0.05, 0.1) is 42.6 Å². The molecule has 0 aliphatic rings. The van der Waals surface area contributed by atoms with Crippen molar-refractivity contribution in [1.82, 2.24) is 19.5 Å². The second-order valence-electron chi connectivity index (χ2n) is 6.68. The standard InChI is InChI=1S/C21H19N5O3/c27-20(9-16-11-22-12-23-16)25-15-6-7-18-17(8-15)24-13-26(18)19(10-21(28)29)14-4-2-1-3-5-14/h1-8,11-13,19H,9-10H2,(H,22,23)(H,25,27)(H,28,29). The SMILES string of the molecule is O=C(O)CC(c1ccccc1)n1cnc2cc(NC(=O)Cc3cnc[nH]3)ccc21. The van der Waals surface area contributed by atoms with E-state index in [0.717, 1.165) is 16.8 Å². The molecule has 0 aliphatic heterocycles. The van der Waals surface area contributed by atoms with Gasteiger partial charge in [-0.05, 0) is 23.8 Å². The number of carboxylic acid groups (broad SMARTS) is 1. The van der Waals surface area contributed by atoms with E-state index in [4.69, 9.17) is 0 Å². The highest BCUT2D eigenvalue weighted by atomic mass is 16.4. The number of nitrogens with one attached hydrogen (secondary N) is 2. The van der Waals surface area contributed by atoms with E-state index >= 15 is 0 Å². The van der Waals surface area contributed by atoms with Crippen LogP contribution in [0.5, 0.6) is 0 Å². The number of rotatable bonds is 7. The van der Waals surface area contributed by atoms with Gasteiger partial charge in [0.25, 0.3) is 0 Å². The van der Waals surface area contributed by atoms with Gasteiger partial charge in [-0.2, -0.15) is 0 Å². The Morgan fingerprint density at radius 2 is 2.00 bits per heavy atom. The first-order valence-corrected chi connectivity index (χ1v) is 9.10. The molecule has 4 rings (SSSR count). The highest BCUT2D eigenvalue weighted by Gasteiger charge is 2.20. The Hall–Kier alpha value is -3.94. The second kappa shape index (κ2) is 7.97. The van der Waals surface area contributed by atoms with Crippen molar-refractivity contribution >= 4 is 28.6 Å². The molecule has 1 amide bonds. The van der Waals surface area contributed by atoms with E-state index in [-0.39, 0.29) is 24.8 Å². The summed E-state index contributed by atoms with van der Waals surface area (Å²) < 4.78 is 1.86. The molecule has 0 radical (unpaired) electrons. The van der Waals surface area contributed by atoms with Crippen molar-refractivity contribution in [2.24, 2.45) is 0 Å². The third-order valence-corrected chi connectivity index (χ3v) is 4.65. The van der Waals surface area contributed by atoms with Crippen molar-refractivity contribution in [2.75, 3.05) is 5.32 Å². The van der Waals surface area contributed by atoms with Gasteiger partial charge in [0.15, 0.2) is 0 Å². The zero-order valence-electron chi connectivity index (χ0n) is 15.4. The number of H-pyrrole nitrogens is 1. The third-order valence-electron chi connectivity index (χ3n) is 4.65. The van der Waals surface area contributed by atoms with E-state index in [1.54, 1.807) is 24.7 Å². The average molecular weight is 389 g/mol. The van der Waals surface area contributed by atoms with Gasteiger partial charge in [0.1, 0.15) is 0 Å². The lowest BCUT2D eigenvalue weighted by Gasteiger charge is -2.18. The van der Waals surface area contributed by atoms with Crippen LogP contribution in [0.15, 0.2) is 67.4 Å². The summed E-state index contributed by atoms with van der Waals surface area (Å²) in [5.74, 6) is -1.05. The first-order valence-electron chi connectivity index (χ1n) is 9.10. The predicted octanol–water partition coefficient (Wildman–Crippen LogP) is 3.00.